The van der Waals surface area contributed by atoms with Crippen molar-refractivity contribution in [3.8, 4) is 11.5 Å². The zero-order valence-electron chi connectivity index (χ0n) is 14.9. The van der Waals surface area contributed by atoms with Gasteiger partial charge in [0.15, 0.2) is 11.6 Å². The summed E-state index contributed by atoms with van der Waals surface area (Å²) in [4.78, 5) is 0. The van der Waals surface area contributed by atoms with Crippen molar-refractivity contribution >= 4 is 10.0 Å². The van der Waals surface area contributed by atoms with Gasteiger partial charge in [-0.2, -0.15) is 9.40 Å². The van der Waals surface area contributed by atoms with Crippen molar-refractivity contribution in [1.29, 1.82) is 0 Å². The molecule has 1 saturated heterocycles. The van der Waals surface area contributed by atoms with Gasteiger partial charge in [-0.15, -0.1) is 10.2 Å². The highest BCUT2D eigenvalue weighted by atomic mass is 32.2. The molecule has 0 N–H and O–H groups in total. The SMILES string of the molecule is Cc1cc(-c2nnc3n2CC2(CCN(S(=O)(=O)C4CC4)C2)OC3)n(C)n1. The lowest BCUT2D eigenvalue weighted by molar-refractivity contribution is -0.0789. The summed E-state index contributed by atoms with van der Waals surface area (Å²) in [7, 11) is -1.28. The van der Waals surface area contributed by atoms with E-state index >= 15 is 0 Å². The summed E-state index contributed by atoms with van der Waals surface area (Å²) in [5.41, 5.74) is 1.32. The molecule has 5 rings (SSSR count). The quantitative estimate of drug-likeness (QED) is 0.770. The standard InChI is InChI=1S/C16H22N6O3S/c1-11-7-13(20(2)19-11)15-18-17-14-8-25-16(10-22(14)15)5-6-21(9-16)26(23,24)12-3-4-12/h7,12H,3-6,8-10H2,1-2H3. The van der Waals surface area contributed by atoms with E-state index in [0.717, 1.165) is 35.9 Å². The van der Waals surface area contributed by atoms with E-state index in [4.69, 9.17) is 4.74 Å². The fourth-order valence-electron chi connectivity index (χ4n) is 4.02. The predicted molar refractivity (Wildman–Crippen MR) is 92.6 cm³/mol. The Kier molecular flexibility index (Phi) is 3.38. The first-order chi connectivity index (χ1) is 12.4. The van der Waals surface area contributed by atoms with Gasteiger partial charge in [0.25, 0.3) is 0 Å². The average molecular weight is 378 g/mol. The van der Waals surface area contributed by atoms with E-state index in [2.05, 4.69) is 19.9 Å². The maximum atomic E-state index is 12.6. The molecule has 1 aliphatic carbocycles. The van der Waals surface area contributed by atoms with E-state index < -0.39 is 15.6 Å². The summed E-state index contributed by atoms with van der Waals surface area (Å²) in [6.07, 6.45) is 2.26. The summed E-state index contributed by atoms with van der Waals surface area (Å²) in [5, 5.41) is 12.8. The molecule has 2 fully saturated rings. The van der Waals surface area contributed by atoms with Gasteiger partial charge in [-0.05, 0) is 32.3 Å². The van der Waals surface area contributed by atoms with Crippen LogP contribution in [0.3, 0.4) is 0 Å². The zero-order valence-corrected chi connectivity index (χ0v) is 15.7. The van der Waals surface area contributed by atoms with Gasteiger partial charge in [0.05, 0.1) is 17.5 Å². The monoisotopic (exact) mass is 378 g/mol. The van der Waals surface area contributed by atoms with Crippen molar-refractivity contribution in [3.63, 3.8) is 0 Å². The molecule has 2 aromatic heterocycles. The Bertz CT molecular complexity index is 976. The average Bonchev–Trinajstić information content (AvgIpc) is 3.15. The van der Waals surface area contributed by atoms with Crippen LogP contribution in [0, 0.1) is 6.92 Å². The van der Waals surface area contributed by atoms with Crippen molar-refractivity contribution in [2.24, 2.45) is 7.05 Å². The molecule has 1 unspecified atom stereocenters. The second kappa shape index (κ2) is 5.37. The van der Waals surface area contributed by atoms with Crippen LogP contribution in [0.25, 0.3) is 11.5 Å². The third-order valence-electron chi connectivity index (χ3n) is 5.60. The van der Waals surface area contributed by atoms with E-state index in [9.17, 15) is 8.42 Å². The maximum absolute atomic E-state index is 12.6. The fourth-order valence-corrected chi connectivity index (χ4v) is 5.93. The predicted octanol–water partition coefficient (Wildman–Crippen LogP) is 0.454. The van der Waals surface area contributed by atoms with Crippen molar-refractivity contribution in [3.05, 3.63) is 17.6 Å². The molecule has 3 aliphatic rings. The van der Waals surface area contributed by atoms with E-state index in [1.807, 2.05) is 20.0 Å². The van der Waals surface area contributed by atoms with Gasteiger partial charge in [0.2, 0.25) is 10.0 Å². The number of aryl methyl sites for hydroxylation is 2. The summed E-state index contributed by atoms with van der Waals surface area (Å²) in [6.45, 7) is 3.79. The second-order valence-electron chi connectivity index (χ2n) is 7.62. The van der Waals surface area contributed by atoms with Crippen LogP contribution in [-0.2, 0) is 35.0 Å². The van der Waals surface area contributed by atoms with E-state index in [1.54, 1.807) is 8.99 Å². The summed E-state index contributed by atoms with van der Waals surface area (Å²) in [5.74, 6) is 1.53. The molecule has 26 heavy (non-hydrogen) atoms. The van der Waals surface area contributed by atoms with Gasteiger partial charge >= 0.3 is 0 Å². The smallest absolute Gasteiger partial charge is 0.217 e. The second-order valence-corrected chi connectivity index (χ2v) is 9.83. The molecule has 4 heterocycles. The number of ether oxygens (including phenoxy) is 1. The third-order valence-corrected chi connectivity index (χ3v) is 7.94. The van der Waals surface area contributed by atoms with Crippen molar-refractivity contribution < 1.29 is 13.2 Å². The normalized spacial score (nSPS) is 26.5. The summed E-state index contributed by atoms with van der Waals surface area (Å²) in [6, 6.07) is 1.98. The summed E-state index contributed by atoms with van der Waals surface area (Å²) >= 11 is 0. The molecular formula is C16H22N6O3S. The molecule has 1 saturated carbocycles. The number of aromatic nitrogens is 5. The van der Waals surface area contributed by atoms with Crippen LogP contribution in [0.15, 0.2) is 6.07 Å². The van der Waals surface area contributed by atoms with E-state index in [-0.39, 0.29) is 5.25 Å². The number of rotatable bonds is 3. The maximum Gasteiger partial charge on any atom is 0.217 e. The molecule has 0 radical (unpaired) electrons. The van der Waals surface area contributed by atoms with Gasteiger partial charge in [-0.1, -0.05) is 0 Å². The Labute approximate surface area is 152 Å². The molecule has 2 aromatic rings. The molecule has 1 atom stereocenters. The first kappa shape index (κ1) is 16.4. The first-order valence-corrected chi connectivity index (χ1v) is 10.4. The number of hydrogen-bond acceptors (Lipinski definition) is 6. The molecule has 0 bridgehead atoms. The van der Waals surface area contributed by atoms with Gasteiger partial charge < -0.3 is 9.30 Å². The number of sulfonamides is 1. The Morgan fingerprint density at radius 3 is 2.77 bits per heavy atom. The van der Waals surface area contributed by atoms with Crippen LogP contribution < -0.4 is 0 Å². The molecule has 0 amide bonds. The Hall–Kier alpha value is -1.78. The van der Waals surface area contributed by atoms with Gasteiger partial charge in [0.1, 0.15) is 17.9 Å². The zero-order chi connectivity index (χ0) is 18.1. The minimum absolute atomic E-state index is 0.181. The molecule has 1 spiro atoms. The molecule has 140 valence electrons. The first-order valence-electron chi connectivity index (χ1n) is 8.94. The van der Waals surface area contributed by atoms with Crippen LogP contribution in [0.4, 0.5) is 0 Å². The Morgan fingerprint density at radius 2 is 2.08 bits per heavy atom. The van der Waals surface area contributed by atoms with Crippen LogP contribution in [0.2, 0.25) is 0 Å². The lowest BCUT2D eigenvalue weighted by Gasteiger charge is -2.34. The van der Waals surface area contributed by atoms with Gasteiger partial charge in [0, 0.05) is 20.1 Å². The lowest BCUT2D eigenvalue weighted by atomic mass is 10.0. The highest BCUT2D eigenvalue weighted by molar-refractivity contribution is 7.90. The molecule has 2 aliphatic heterocycles. The minimum Gasteiger partial charge on any atom is -0.364 e. The molecule has 0 aromatic carbocycles. The van der Waals surface area contributed by atoms with Crippen LogP contribution in [0.1, 0.15) is 30.8 Å². The van der Waals surface area contributed by atoms with Crippen molar-refractivity contribution in [2.45, 2.75) is 50.2 Å². The Balaban J connectivity index is 1.45. The molecule has 10 heteroatoms. The lowest BCUT2D eigenvalue weighted by Crippen LogP contribution is -2.45. The fraction of sp³-hybridized carbons (Fsp3) is 0.688. The molecular weight excluding hydrogens is 356 g/mol. The minimum atomic E-state index is -3.17. The largest absolute Gasteiger partial charge is 0.364 e. The highest BCUT2D eigenvalue weighted by Gasteiger charge is 2.50. The van der Waals surface area contributed by atoms with Crippen LogP contribution in [0.5, 0.6) is 0 Å². The number of fused-ring (bicyclic) bond motifs is 1. The van der Waals surface area contributed by atoms with Gasteiger partial charge in [-0.25, -0.2) is 8.42 Å². The topological polar surface area (TPSA) is 95.1 Å². The highest BCUT2D eigenvalue weighted by Crippen LogP contribution is 2.39. The third kappa shape index (κ3) is 2.43. The van der Waals surface area contributed by atoms with Crippen molar-refractivity contribution in [2.75, 3.05) is 13.1 Å². The van der Waals surface area contributed by atoms with Crippen molar-refractivity contribution in [1.82, 2.24) is 28.9 Å². The van der Waals surface area contributed by atoms with Gasteiger partial charge in [-0.3, -0.25) is 4.68 Å². The number of hydrogen-bond donors (Lipinski definition) is 0. The van der Waals surface area contributed by atoms with E-state index in [0.29, 0.717) is 32.7 Å². The Morgan fingerprint density at radius 1 is 1.27 bits per heavy atom. The molecule has 9 nitrogen and oxygen atoms in total. The van der Waals surface area contributed by atoms with Crippen LogP contribution in [-0.4, -0.2) is 61.2 Å². The summed E-state index contributed by atoms with van der Waals surface area (Å²) < 4.78 is 36.8. The number of nitrogens with zero attached hydrogens (tertiary/aromatic N) is 6. The van der Waals surface area contributed by atoms with Crippen LogP contribution >= 0.6 is 0 Å². The van der Waals surface area contributed by atoms with E-state index in [1.165, 1.54) is 0 Å².